The van der Waals surface area contributed by atoms with Crippen LogP contribution in [0.25, 0.3) is 0 Å². The van der Waals surface area contributed by atoms with Crippen LogP contribution in [0.1, 0.15) is 31.4 Å². The lowest BCUT2D eigenvalue weighted by Crippen LogP contribution is -2.24. The van der Waals surface area contributed by atoms with Gasteiger partial charge in [0.25, 0.3) is 0 Å². The molecule has 1 aromatic heterocycles. The summed E-state index contributed by atoms with van der Waals surface area (Å²) >= 11 is 0. The molecule has 1 fully saturated rings. The molecule has 72 valence electrons. The first-order valence-corrected chi connectivity index (χ1v) is 4.93. The molecule has 1 heterocycles. The average Bonchev–Trinajstić information content (AvgIpc) is 2.62. The van der Waals surface area contributed by atoms with Gasteiger partial charge in [-0.1, -0.05) is 6.92 Å². The maximum absolute atomic E-state index is 5.98. The monoisotopic (exact) mass is 179 g/mol. The van der Waals surface area contributed by atoms with Crippen molar-refractivity contribution in [3.05, 3.63) is 18.0 Å². The molecule has 0 saturated heterocycles. The van der Waals surface area contributed by atoms with Gasteiger partial charge in [-0.3, -0.25) is 4.68 Å². The average molecular weight is 179 g/mol. The highest BCUT2D eigenvalue weighted by atomic mass is 15.2. The van der Waals surface area contributed by atoms with E-state index in [9.17, 15) is 0 Å². The molecule has 1 saturated carbocycles. The number of nitrogens with two attached hydrogens (primary N) is 1. The highest BCUT2D eigenvalue weighted by molar-refractivity contribution is 5.11. The van der Waals surface area contributed by atoms with E-state index >= 15 is 0 Å². The minimum Gasteiger partial charge on any atom is -0.327 e. The first kappa shape index (κ1) is 8.75. The molecule has 3 atom stereocenters. The van der Waals surface area contributed by atoms with Crippen molar-refractivity contribution in [2.24, 2.45) is 18.7 Å². The molecule has 0 bridgehead atoms. The third kappa shape index (κ3) is 1.48. The van der Waals surface area contributed by atoms with Gasteiger partial charge in [0.05, 0.1) is 5.69 Å². The summed E-state index contributed by atoms with van der Waals surface area (Å²) in [5, 5.41) is 4.44. The van der Waals surface area contributed by atoms with Crippen molar-refractivity contribution in [3.8, 4) is 0 Å². The molecule has 3 unspecified atom stereocenters. The van der Waals surface area contributed by atoms with E-state index in [1.54, 1.807) is 0 Å². The van der Waals surface area contributed by atoms with E-state index in [0.29, 0.717) is 17.9 Å². The van der Waals surface area contributed by atoms with Crippen LogP contribution in [0.2, 0.25) is 0 Å². The van der Waals surface area contributed by atoms with E-state index in [1.165, 1.54) is 12.1 Å². The molecule has 3 nitrogen and oxygen atoms in total. The standard InChI is InChI=1S/C10H17N3/c1-7-8(3-4-9(7)11)10-5-6-13(2)12-10/h5-9H,3-4,11H2,1-2H3. The largest absolute Gasteiger partial charge is 0.327 e. The number of aromatic nitrogens is 2. The molecule has 13 heavy (non-hydrogen) atoms. The normalized spacial score (nSPS) is 33.9. The van der Waals surface area contributed by atoms with Gasteiger partial charge < -0.3 is 5.73 Å². The molecule has 0 amide bonds. The van der Waals surface area contributed by atoms with Crippen LogP contribution in [-0.2, 0) is 7.05 Å². The zero-order chi connectivity index (χ0) is 9.42. The number of nitrogens with zero attached hydrogens (tertiary/aromatic N) is 2. The van der Waals surface area contributed by atoms with Gasteiger partial charge in [-0.2, -0.15) is 5.10 Å². The van der Waals surface area contributed by atoms with Crippen molar-refractivity contribution >= 4 is 0 Å². The summed E-state index contributed by atoms with van der Waals surface area (Å²) in [6.45, 7) is 2.23. The van der Waals surface area contributed by atoms with Crippen molar-refractivity contribution in [1.29, 1.82) is 0 Å². The van der Waals surface area contributed by atoms with Crippen molar-refractivity contribution < 1.29 is 0 Å². The molecule has 2 rings (SSSR count). The van der Waals surface area contributed by atoms with Gasteiger partial charge in [0.2, 0.25) is 0 Å². The fourth-order valence-corrected chi connectivity index (χ4v) is 2.24. The Morgan fingerprint density at radius 3 is 2.77 bits per heavy atom. The van der Waals surface area contributed by atoms with Crippen molar-refractivity contribution in [1.82, 2.24) is 9.78 Å². The number of aryl methyl sites for hydroxylation is 1. The van der Waals surface area contributed by atoms with Crippen molar-refractivity contribution in [2.75, 3.05) is 0 Å². The van der Waals surface area contributed by atoms with Crippen LogP contribution < -0.4 is 5.73 Å². The van der Waals surface area contributed by atoms with Crippen LogP contribution >= 0.6 is 0 Å². The number of rotatable bonds is 1. The third-order valence-electron chi connectivity index (χ3n) is 3.24. The summed E-state index contributed by atoms with van der Waals surface area (Å²) < 4.78 is 1.87. The predicted molar refractivity (Wildman–Crippen MR) is 52.3 cm³/mol. The molecule has 0 radical (unpaired) electrons. The second kappa shape index (κ2) is 3.14. The van der Waals surface area contributed by atoms with E-state index < -0.39 is 0 Å². The molecule has 3 heteroatoms. The molecule has 1 aliphatic carbocycles. The van der Waals surface area contributed by atoms with Gasteiger partial charge >= 0.3 is 0 Å². The molecular formula is C10H17N3. The van der Waals surface area contributed by atoms with Gasteiger partial charge in [-0.25, -0.2) is 0 Å². The number of hydrogen-bond acceptors (Lipinski definition) is 2. The number of hydrogen-bond donors (Lipinski definition) is 1. The minimum absolute atomic E-state index is 0.368. The molecule has 1 aromatic rings. The second-order valence-corrected chi connectivity index (χ2v) is 4.12. The Hall–Kier alpha value is -0.830. The Kier molecular flexibility index (Phi) is 2.12. The fraction of sp³-hybridized carbons (Fsp3) is 0.700. The zero-order valence-electron chi connectivity index (χ0n) is 8.27. The first-order valence-electron chi connectivity index (χ1n) is 4.93. The van der Waals surface area contributed by atoms with Crippen molar-refractivity contribution in [3.63, 3.8) is 0 Å². The van der Waals surface area contributed by atoms with Crippen LogP contribution in [0.3, 0.4) is 0 Å². The van der Waals surface area contributed by atoms with Crippen LogP contribution in [0.4, 0.5) is 0 Å². The Morgan fingerprint density at radius 1 is 1.54 bits per heavy atom. The molecular weight excluding hydrogens is 162 g/mol. The lowest BCUT2D eigenvalue weighted by atomic mass is 9.93. The summed E-state index contributed by atoms with van der Waals surface area (Å²) in [6, 6.07) is 2.48. The van der Waals surface area contributed by atoms with E-state index in [-0.39, 0.29) is 0 Å². The van der Waals surface area contributed by atoms with Gasteiger partial charge in [0.15, 0.2) is 0 Å². The lowest BCUT2D eigenvalue weighted by Gasteiger charge is -2.15. The molecule has 2 N–H and O–H groups in total. The maximum Gasteiger partial charge on any atom is 0.0658 e. The Balaban J connectivity index is 2.18. The Labute approximate surface area is 78.9 Å². The van der Waals surface area contributed by atoms with Gasteiger partial charge in [-0.05, 0) is 24.8 Å². The highest BCUT2D eigenvalue weighted by Crippen LogP contribution is 2.37. The van der Waals surface area contributed by atoms with E-state index in [2.05, 4.69) is 18.1 Å². The third-order valence-corrected chi connectivity index (χ3v) is 3.24. The highest BCUT2D eigenvalue weighted by Gasteiger charge is 2.32. The fourth-order valence-electron chi connectivity index (χ4n) is 2.24. The first-order chi connectivity index (χ1) is 6.18. The maximum atomic E-state index is 5.98. The van der Waals surface area contributed by atoms with Crippen molar-refractivity contribution in [2.45, 2.75) is 31.7 Å². The Morgan fingerprint density at radius 2 is 2.31 bits per heavy atom. The smallest absolute Gasteiger partial charge is 0.0658 e. The summed E-state index contributed by atoms with van der Waals surface area (Å²) in [6.07, 6.45) is 4.34. The van der Waals surface area contributed by atoms with E-state index in [4.69, 9.17) is 5.73 Å². The van der Waals surface area contributed by atoms with E-state index in [1.807, 2.05) is 17.9 Å². The van der Waals surface area contributed by atoms with Gasteiger partial charge in [0, 0.05) is 25.2 Å². The quantitative estimate of drug-likeness (QED) is 0.705. The van der Waals surface area contributed by atoms with Crippen LogP contribution in [0, 0.1) is 5.92 Å². The van der Waals surface area contributed by atoms with Crippen LogP contribution in [-0.4, -0.2) is 15.8 Å². The van der Waals surface area contributed by atoms with Gasteiger partial charge in [0.1, 0.15) is 0 Å². The second-order valence-electron chi connectivity index (χ2n) is 4.12. The SMILES string of the molecule is CC1C(N)CCC1c1ccn(C)n1. The lowest BCUT2D eigenvalue weighted by molar-refractivity contribution is 0.469. The van der Waals surface area contributed by atoms with Crippen LogP contribution in [0.15, 0.2) is 12.3 Å². The minimum atomic E-state index is 0.368. The summed E-state index contributed by atoms with van der Waals surface area (Å²) in [5.41, 5.74) is 7.19. The van der Waals surface area contributed by atoms with E-state index in [0.717, 1.165) is 6.42 Å². The zero-order valence-corrected chi connectivity index (χ0v) is 8.27. The molecule has 0 spiro atoms. The predicted octanol–water partition coefficient (Wildman–Crippen LogP) is 1.26. The summed E-state index contributed by atoms with van der Waals surface area (Å²) in [7, 11) is 1.96. The molecule has 0 aromatic carbocycles. The Bertz CT molecular complexity index is 292. The molecule has 1 aliphatic rings. The van der Waals surface area contributed by atoms with Gasteiger partial charge in [-0.15, -0.1) is 0 Å². The van der Waals surface area contributed by atoms with Crippen LogP contribution in [0.5, 0.6) is 0 Å². The summed E-state index contributed by atoms with van der Waals surface area (Å²) in [4.78, 5) is 0. The topological polar surface area (TPSA) is 43.8 Å². The molecule has 0 aliphatic heterocycles. The summed E-state index contributed by atoms with van der Waals surface area (Å²) in [5.74, 6) is 1.16.